The molecular formula is C25H41N3O5S. The first kappa shape index (κ1) is 29.6. The van der Waals surface area contributed by atoms with Crippen LogP contribution in [-0.4, -0.2) is 64.2 Å². The summed E-state index contributed by atoms with van der Waals surface area (Å²) in [5.74, 6) is -0.211. The minimum absolute atomic E-state index is 0.0681. The maximum absolute atomic E-state index is 13.9. The fourth-order valence-electron chi connectivity index (χ4n) is 3.37. The van der Waals surface area contributed by atoms with E-state index in [1.54, 1.807) is 50.7 Å². The van der Waals surface area contributed by atoms with E-state index in [1.807, 2.05) is 27.0 Å². The molecule has 0 aliphatic heterocycles. The minimum Gasteiger partial charge on any atom is -0.508 e. The van der Waals surface area contributed by atoms with E-state index in [0.717, 1.165) is 6.42 Å². The van der Waals surface area contributed by atoms with Gasteiger partial charge in [-0.2, -0.15) is 11.8 Å². The van der Waals surface area contributed by atoms with E-state index >= 15 is 0 Å². The van der Waals surface area contributed by atoms with Gasteiger partial charge in [0.1, 0.15) is 23.4 Å². The van der Waals surface area contributed by atoms with Gasteiger partial charge in [-0.15, -0.1) is 0 Å². The second-order valence-corrected chi connectivity index (χ2v) is 10.5. The lowest BCUT2D eigenvalue weighted by molar-refractivity contribution is -0.142. The van der Waals surface area contributed by atoms with Crippen molar-refractivity contribution < 1.29 is 24.2 Å². The van der Waals surface area contributed by atoms with Crippen molar-refractivity contribution in [2.24, 2.45) is 0 Å². The number of carbonyl (C=O) groups is 3. The number of nitrogens with one attached hydrogen (secondary N) is 2. The molecule has 0 aromatic heterocycles. The smallest absolute Gasteiger partial charge is 0.408 e. The molecule has 0 saturated carbocycles. The molecule has 0 aliphatic rings. The highest BCUT2D eigenvalue weighted by Crippen LogP contribution is 2.30. The highest BCUT2D eigenvalue weighted by atomic mass is 32.2. The van der Waals surface area contributed by atoms with Gasteiger partial charge in [-0.05, 0) is 65.5 Å². The fourth-order valence-corrected chi connectivity index (χ4v) is 3.84. The molecule has 1 aromatic carbocycles. The molecule has 0 spiro atoms. The van der Waals surface area contributed by atoms with Crippen LogP contribution in [0.1, 0.15) is 72.4 Å². The van der Waals surface area contributed by atoms with Crippen molar-refractivity contribution in [2.45, 2.75) is 84.5 Å². The largest absolute Gasteiger partial charge is 0.508 e. The molecule has 0 radical (unpaired) electrons. The second kappa shape index (κ2) is 14.1. The number of hydrogen-bond acceptors (Lipinski definition) is 6. The number of alkyl carbamates (subject to hydrolysis) is 1. The lowest BCUT2D eigenvalue weighted by Crippen LogP contribution is -2.53. The summed E-state index contributed by atoms with van der Waals surface area (Å²) in [7, 11) is 0. The number of amides is 3. The number of hydrogen-bond donors (Lipinski definition) is 3. The number of aromatic hydroxyl groups is 1. The van der Waals surface area contributed by atoms with Gasteiger partial charge in [0, 0.05) is 18.2 Å². The molecule has 34 heavy (non-hydrogen) atoms. The third kappa shape index (κ3) is 9.83. The number of carbonyl (C=O) groups excluding carboxylic acids is 3. The Balaban J connectivity index is 3.43. The Labute approximate surface area is 208 Å². The lowest BCUT2D eigenvalue weighted by Gasteiger charge is -2.35. The Morgan fingerprint density at radius 1 is 1.15 bits per heavy atom. The predicted molar refractivity (Wildman–Crippen MR) is 137 cm³/mol. The molecule has 0 fully saturated rings. The van der Waals surface area contributed by atoms with E-state index in [0.29, 0.717) is 30.7 Å². The molecule has 0 aliphatic carbocycles. The summed E-state index contributed by atoms with van der Waals surface area (Å²) in [5, 5.41) is 16.1. The molecule has 3 amide bonds. The second-order valence-electron chi connectivity index (χ2n) is 9.49. The van der Waals surface area contributed by atoms with E-state index < -0.39 is 23.8 Å². The third-order valence-corrected chi connectivity index (χ3v) is 5.50. The summed E-state index contributed by atoms with van der Waals surface area (Å²) in [6.45, 7) is 11.2. The van der Waals surface area contributed by atoms with E-state index in [1.165, 1.54) is 11.0 Å². The van der Waals surface area contributed by atoms with E-state index in [-0.39, 0.29) is 23.6 Å². The number of unbranched alkanes of at least 4 members (excludes halogenated alkanes) is 1. The van der Waals surface area contributed by atoms with Crippen LogP contribution in [0.5, 0.6) is 5.75 Å². The summed E-state index contributed by atoms with van der Waals surface area (Å²) in [5.41, 5.74) is -0.375. The van der Waals surface area contributed by atoms with Crippen LogP contribution in [0.25, 0.3) is 0 Å². The van der Waals surface area contributed by atoms with Crippen LogP contribution in [-0.2, 0) is 14.3 Å². The van der Waals surface area contributed by atoms with Gasteiger partial charge >= 0.3 is 6.09 Å². The van der Waals surface area contributed by atoms with Crippen LogP contribution in [0, 0.1) is 0 Å². The number of para-hydroxylation sites is 1. The first-order valence-electron chi connectivity index (χ1n) is 11.8. The van der Waals surface area contributed by atoms with Crippen molar-refractivity contribution in [3.05, 3.63) is 29.8 Å². The molecule has 1 rings (SSSR count). The molecular weight excluding hydrogens is 454 g/mol. The average Bonchev–Trinajstić information content (AvgIpc) is 2.72. The first-order valence-corrected chi connectivity index (χ1v) is 13.2. The first-order chi connectivity index (χ1) is 15.9. The Morgan fingerprint density at radius 2 is 1.79 bits per heavy atom. The van der Waals surface area contributed by atoms with Crippen LogP contribution in [0.4, 0.5) is 4.79 Å². The zero-order chi connectivity index (χ0) is 25.9. The van der Waals surface area contributed by atoms with E-state index in [4.69, 9.17) is 4.74 Å². The highest BCUT2D eigenvalue weighted by molar-refractivity contribution is 7.98. The van der Waals surface area contributed by atoms with Gasteiger partial charge < -0.3 is 25.4 Å². The Bertz CT molecular complexity index is 810. The van der Waals surface area contributed by atoms with Crippen molar-refractivity contribution in [1.29, 1.82) is 0 Å². The normalized spacial score (nSPS) is 13.2. The Morgan fingerprint density at radius 3 is 2.32 bits per heavy atom. The van der Waals surface area contributed by atoms with Gasteiger partial charge in [-0.3, -0.25) is 9.59 Å². The summed E-state index contributed by atoms with van der Waals surface area (Å²) in [6, 6.07) is 4.45. The molecule has 192 valence electrons. The van der Waals surface area contributed by atoms with Crippen LogP contribution in [0.15, 0.2) is 24.3 Å². The topological polar surface area (TPSA) is 108 Å². The van der Waals surface area contributed by atoms with Crippen LogP contribution < -0.4 is 10.6 Å². The lowest BCUT2D eigenvalue weighted by atomic mass is 10.0. The van der Waals surface area contributed by atoms with Gasteiger partial charge in [0.25, 0.3) is 0 Å². The average molecular weight is 496 g/mol. The SMILES string of the molecule is CCCCN(C(=O)C(CCSC)NC(=O)OC(C)(C)C)C(C(=O)NC(C)C)c1ccccc1O. The predicted octanol–water partition coefficient (Wildman–Crippen LogP) is 4.23. The number of phenolic OH excluding ortho intramolecular Hbond substituents is 1. The summed E-state index contributed by atoms with van der Waals surface area (Å²) in [4.78, 5) is 41.2. The van der Waals surface area contributed by atoms with Crippen LogP contribution in [0.2, 0.25) is 0 Å². The van der Waals surface area contributed by atoms with E-state index in [9.17, 15) is 19.5 Å². The van der Waals surface area contributed by atoms with Gasteiger partial charge in [0.05, 0.1) is 0 Å². The molecule has 0 saturated heterocycles. The maximum atomic E-state index is 13.9. The third-order valence-electron chi connectivity index (χ3n) is 4.86. The van der Waals surface area contributed by atoms with Gasteiger partial charge in [-0.25, -0.2) is 4.79 Å². The summed E-state index contributed by atoms with van der Waals surface area (Å²) in [6.07, 6.45) is 3.07. The van der Waals surface area contributed by atoms with Crippen molar-refractivity contribution in [3.8, 4) is 5.75 Å². The number of nitrogens with zero attached hydrogens (tertiary/aromatic N) is 1. The minimum atomic E-state index is -1.04. The standard InChI is InChI=1S/C25H41N3O5S/c1-8-9-15-28(21(22(30)26-17(2)3)18-12-10-11-13-20(18)29)23(31)19(14-16-34-7)27-24(32)33-25(4,5)6/h10-13,17,19,21,29H,8-9,14-16H2,1-7H3,(H,26,30)(H,27,32). The van der Waals surface area contributed by atoms with Gasteiger partial charge in [-0.1, -0.05) is 31.5 Å². The van der Waals surface area contributed by atoms with E-state index in [2.05, 4.69) is 10.6 Å². The molecule has 0 bridgehead atoms. The Kier molecular flexibility index (Phi) is 12.3. The molecule has 3 N–H and O–H groups in total. The molecule has 0 heterocycles. The van der Waals surface area contributed by atoms with Crippen molar-refractivity contribution in [3.63, 3.8) is 0 Å². The van der Waals surface area contributed by atoms with Crippen molar-refractivity contribution in [2.75, 3.05) is 18.6 Å². The molecule has 2 unspecified atom stereocenters. The molecule has 8 nitrogen and oxygen atoms in total. The summed E-state index contributed by atoms with van der Waals surface area (Å²) < 4.78 is 5.38. The number of ether oxygens (including phenoxy) is 1. The summed E-state index contributed by atoms with van der Waals surface area (Å²) >= 11 is 1.56. The number of thioether (sulfide) groups is 1. The van der Waals surface area contributed by atoms with Gasteiger partial charge in [0.2, 0.25) is 11.8 Å². The zero-order valence-electron chi connectivity index (χ0n) is 21.5. The molecule has 1 aromatic rings. The quantitative estimate of drug-likeness (QED) is 0.400. The number of phenols is 1. The number of benzene rings is 1. The highest BCUT2D eigenvalue weighted by Gasteiger charge is 2.37. The van der Waals surface area contributed by atoms with Crippen LogP contribution in [0.3, 0.4) is 0 Å². The zero-order valence-corrected chi connectivity index (χ0v) is 22.3. The molecule has 2 atom stereocenters. The Hall–Kier alpha value is -2.42. The van der Waals surface area contributed by atoms with Gasteiger partial charge in [0.15, 0.2) is 0 Å². The van der Waals surface area contributed by atoms with Crippen LogP contribution >= 0.6 is 11.8 Å². The fraction of sp³-hybridized carbons (Fsp3) is 0.640. The number of rotatable bonds is 12. The van der Waals surface area contributed by atoms with Crippen molar-refractivity contribution in [1.82, 2.24) is 15.5 Å². The van der Waals surface area contributed by atoms with Crippen molar-refractivity contribution >= 4 is 29.7 Å². The molecule has 9 heteroatoms. The monoisotopic (exact) mass is 495 g/mol. The maximum Gasteiger partial charge on any atom is 0.408 e.